The summed E-state index contributed by atoms with van der Waals surface area (Å²) in [5, 5.41) is 3.09. The van der Waals surface area contributed by atoms with E-state index in [0.29, 0.717) is 6.04 Å². The molecule has 0 radical (unpaired) electrons. The normalized spacial score (nSPS) is 22.7. The molecule has 0 aliphatic carbocycles. The number of rotatable bonds is 4. The van der Waals surface area contributed by atoms with Crippen LogP contribution in [-0.4, -0.2) is 55.0 Å². The van der Waals surface area contributed by atoms with Crippen LogP contribution in [-0.2, 0) is 0 Å². The van der Waals surface area contributed by atoms with E-state index < -0.39 is 0 Å². The number of amides is 1. The number of hydrogen-bond acceptors (Lipinski definition) is 3. The molecule has 2 fully saturated rings. The summed E-state index contributed by atoms with van der Waals surface area (Å²) >= 11 is 0. The summed E-state index contributed by atoms with van der Waals surface area (Å²) in [4.78, 5) is 17.3. The third-order valence-corrected chi connectivity index (χ3v) is 4.73. The van der Waals surface area contributed by atoms with E-state index in [1.54, 1.807) is 0 Å². The van der Waals surface area contributed by atoms with Gasteiger partial charge in [-0.25, -0.2) is 0 Å². The van der Waals surface area contributed by atoms with Gasteiger partial charge in [-0.3, -0.25) is 4.79 Å². The zero-order valence-corrected chi connectivity index (χ0v) is 12.8. The third kappa shape index (κ3) is 3.21. The molecular weight excluding hydrogens is 262 g/mol. The van der Waals surface area contributed by atoms with Crippen LogP contribution in [0.3, 0.4) is 0 Å². The summed E-state index contributed by atoms with van der Waals surface area (Å²) in [5.41, 5.74) is 1.85. The van der Waals surface area contributed by atoms with E-state index in [9.17, 15) is 4.79 Å². The fraction of sp³-hybridized carbons (Fsp3) is 0.588. The van der Waals surface area contributed by atoms with E-state index in [1.807, 2.05) is 31.3 Å². The summed E-state index contributed by atoms with van der Waals surface area (Å²) in [6, 6.07) is 8.20. The number of hydrogen-bond donors (Lipinski definition) is 1. The first-order chi connectivity index (χ1) is 10.3. The summed E-state index contributed by atoms with van der Waals surface area (Å²) in [6.45, 7) is 4.37. The van der Waals surface area contributed by atoms with E-state index in [0.717, 1.165) is 37.2 Å². The Morgan fingerprint density at radius 3 is 2.52 bits per heavy atom. The van der Waals surface area contributed by atoms with Crippen molar-refractivity contribution in [2.75, 3.05) is 38.5 Å². The molecule has 3 rings (SSSR count). The van der Waals surface area contributed by atoms with E-state index in [-0.39, 0.29) is 5.91 Å². The molecule has 4 nitrogen and oxygen atoms in total. The molecule has 0 bridgehead atoms. The van der Waals surface area contributed by atoms with Crippen LogP contribution >= 0.6 is 0 Å². The Hall–Kier alpha value is -1.55. The van der Waals surface area contributed by atoms with Crippen LogP contribution < -0.4 is 5.32 Å². The van der Waals surface area contributed by atoms with Crippen LogP contribution in [0.25, 0.3) is 0 Å². The van der Waals surface area contributed by atoms with Gasteiger partial charge >= 0.3 is 0 Å². The molecule has 2 saturated heterocycles. The second-order valence-electron chi connectivity index (χ2n) is 6.13. The lowest BCUT2D eigenvalue weighted by atomic mass is 10.1. The maximum atomic E-state index is 12.7. The fourth-order valence-corrected chi connectivity index (χ4v) is 3.50. The van der Waals surface area contributed by atoms with E-state index in [4.69, 9.17) is 0 Å². The van der Waals surface area contributed by atoms with Crippen molar-refractivity contribution in [1.29, 1.82) is 0 Å². The minimum atomic E-state index is 0.194. The molecule has 2 aliphatic rings. The Balaban J connectivity index is 1.66. The molecule has 1 amide bonds. The molecule has 1 aromatic carbocycles. The van der Waals surface area contributed by atoms with E-state index in [2.05, 4.69) is 15.1 Å². The second-order valence-corrected chi connectivity index (χ2v) is 6.13. The molecule has 1 aromatic rings. The molecule has 0 aromatic heterocycles. The standard InChI is InChI=1S/C17H25N3O/c1-18-15-8-6-14(7-9-15)17(21)20-12-4-5-16(20)13-19-10-2-3-11-19/h6-9,16,18H,2-5,10-13H2,1H3/t16-/m0/s1. The Kier molecular flexibility index (Phi) is 4.44. The molecule has 4 heteroatoms. The van der Waals surface area contributed by atoms with Gasteiger partial charge in [0.1, 0.15) is 0 Å². The van der Waals surface area contributed by atoms with Gasteiger partial charge < -0.3 is 15.1 Å². The average Bonchev–Trinajstić information content (AvgIpc) is 3.19. The zero-order valence-electron chi connectivity index (χ0n) is 12.8. The van der Waals surface area contributed by atoms with Crippen LogP contribution in [0.4, 0.5) is 5.69 Å². The monoisotopic (exact) mass is 287 g/mol. The summed E-state index contributed by atoms with van der Waals surface area (Å²) in [5.74, 6) is 0.194. The molecule has 1 N–H and O–H groups in total. The van der Waals surface area contributed by atoms with Gasteiger partial charge in [0.2, 0.25) is 0 Å². The molecule has 2 aliphatic heterocycles. The van der Waals surface area contributed by atoms with Crippen LogP contribution in [0.5, 0.6) is 0 Å². The van der Waals surface area contributed by atoms with Crippen LogP contribution in [0.2, 0.25) is 0 Å². The van der Waals surface area contributed by atoms with Gasteiger partial charge in [-0.05, 0) is 63.0 Å². The van der Waals surface area contributed by atoms with Crippen molar-refractivity contribution in [3.63, 3.8) is 0 Å². The van der Waals surface area contributed by atoms with Crippen molar-refractivity contribution < 1.29 is 4.79 Å². The SMILES string of the molecule is CNc1ccc(C(=O)N2CCC[C@H]2CN2CCCC2)cc1. The minimum Gasteiger partial charge on any atom is -0.388 e. The smallest absolute Gasteiger partial charge is 0.254 e. The lowest BCUT2D eigenvalue weighted by molar-refractivity contribution is 0.0709. The largest absolute Gasteiger partial charge is 0.388 e. The topological polar surface area (TPSA) is 35.6 Å². The van der Waals surface area contributed by atoms with Crippen LogP contribution in [0, 0.1) is 0 Å². The van der Waals surface area contributed by atoms with Gasteiger partial charge in [-0.15, -0.1) is 0 Å². The number of nitrogens with one attached hydrogen (secondary N) is 1. The Labute approximate surface area is 127 Å². The number of carbonyl (C=O) groups excluding carboxylic acids is 1. The van der Waals surface area contributed by atoms with Gasteiger partial charge in [-0.2, -0.15) is 0 Å². The lowest BCUT2D eigenvalue weighted by Gasteiger charge is -2.28. The molecule has 21 heavy (non-hydrogen) atoms. The molecule has 2 heterocycles. The molecule has 1 atom stereocenters. The van der Waals surface area contributed by atoms with Crippen LogP contribution in [0.1, 0.15) is 36.0 Å². The Morgan fingerprint density at radius 2 is 1.86 bits per heavy atom. The fourth-order valence-electron chi connectivity index (χ4n) is 3.50. The first-order valence-electron chi connectivity index (χ1n) is 8.09. The van der Waals surface area contributed by atoms with Crippen molar-refractivity contribution in [2.45, 2.75) is 31.7 Å². The van der Waals surface area contributed by atoms with Gasteiger partial charge in [0.25, 0.3) is 5.91 Å². The molecule has 0 spiro atoms. The highest BCUT2D eigenvalue weighted by molar-refractivity contribution is 5.95. The highest BCUT2D eigenvalue weighted by Gasteiger charge is 2.31. The maximum absolute atomic E-state index is 12.7. The predicted octanol–water partition coefficient (Wildman–Crippen LogP) is 2.43. The van der Waals surface area contributed by atoms with Gasteiger partial charge in [0, 0.05) is 37.4 Å². The molecule has 0 saturated carbocycles. The highest BCUT2D eigenvalue weighted by atomic mass is 16.2. The second kappa shape index (κ2) is 6.48. The van der Waals surface area contributed by atoms with Crippen molar-refractivity contribution in [2.24, 2.45) is 0 Å². The first-order valence-corrected chi connectivity index (χ1v) is 8.09. The zero-order chi connectivity index (χ0) is 14.7. The third-order valence-electron chi connectivity index (χ3n) is 4.73. The molecule has 114 valence electrons. The molecule has 0 unspecified atom stereocenters. The number of benzene rings is 1. The average molecular weight is 287 g/mol. The van der Waals surface area contributed by atoms with Crippen molar-refractivity contribution >= 4 is 11.6 Å². The van der Waals surface area contributed by atoms with Crippen molar-refractivity contribution in [3.05, 3.63) is 29.8 Å². The quantitative estimate of drug-likeness (QED) is 0.924. The van der Waals surface area contributed by atoms with Gasteiger partial charge in [0.15, 0.2) is 0 Å². The van der Waals surface area contributed by atoms with E-state index in [1.165, 1.54) is 25.9 Å². The maximum Gasteiger partial charge on any atom is 0.254 e. The summed E-state index contributed by atoms with van der Waals surface area (Å²) < 4.78 is 0. The van der Waals surface area contributed by atoms with Gasteiger partial charge in [-0.1, -0.05) is 0 Å². The number of nitrogens with zero attached hydrogens (tertiary/aromatic N) is 2. The van der Waals surface area contributed by atoms with Crippen molar-refractivity contribution in [1.82, 2.24) is 9.80 Å². The molecular formula is C17H25N3O. The summed E-state index contributed by atoms with van der Waals surface area (Å²) in [6.07, 6.45) is 4.91. The first kappa shape index (κ1) is 14.4. The summed E-state index contributed by atoms with van der Waals surface area (Å²) in [7, 11) is 1.89. The Morgan fingerprint density at radius 1 is 1.14 bits per heavy atom. The minimum absolute atomic E-state index is 0.194. The van der Waals surface area contributed by atoms with Crippen molar-refractivity contribution in [3.8, 4) is 0 Å². The van der Waals surface area contributed by atoms with Gasteiger partial charge in [0.05, 0.1) is 0 Å². The van der Waals surface area contributed by atoms with Crippen LogP contribution in [0.15, 0.2) is 24.3 Å². The lowest BCUT2D eigenvalue weighted by Crippen LogP contribution is -2.42. The number of carbonyl (C=O) groups is 1. The Bertz CT molecular complexity index is 479. The predicted molar refractivity (Wildman–Crippen MR) is 85.7 cm³/mol. The number of likely N-dealkylation sites (tertiary alicyclic amines) is 2. The van der Waals surface area contributed by atoms with E-state index >= 15 is 0 Å². The number of anilines is 1. The highest BCUT2D eigenvalue weighted by Crippen LogP contribution is 2.23.